The number of aromatic hydroxyl groups is 1. The van der Waals surface area contributed by atoms with Crippen LogP contribution in [-0.4, -0.2) is 26.9 Å². The van der Waals surface area contributed by atoms with Crippen molar-refractivity contribution in [3.8, 4) is 5.75 Å². The van der Waals surface area contributed by atoms with Crippen molar-refractivity contribution in [1.29, 1.82) is 0 Å². The summed E-state index contributed by atoms with van der Waals surface area (Å²) in [5, 5.41) is 27.7. The summed E-state index contributed by atoms with van der Waals surface area (Å²) >= 11 is 7.79. The van der Waals surface area contributed by atoms with Crippen LogP contribution in [0, 0.1) is 30.1 Å². The van der Waals surface area contributed by atoms with E-state index in [1.807, 2.05) is 19.1 Å². The molecule has 3 unspecified atom stereocenters. The Labute approximate surface area is 209 Å². The number of phenols is 1. The van der Waals surface area contributed by atoms with Gasteiger partial charge in [-0.05, 0) is 98.8 Å². The topological polar surface area (TPSA) is 94.8 Å². The van der Waals surface area contributed by atoms with Crippen LogP contribution in [-0.2, 0) is 11.2 Å². The summed E-state index contributed by atoms with van der Waals surface area (Å²) in [4.78, 5) is 17.7. The quantitative estimate of drug-likeness (QED) is 0.320. The molecule has 3 N–H and O–H groups in total. The summed E-state index contributed by atoms with van der Waals surface area (Å²) in [5.74, 6) is 1.89. The van der Waals surface area contributed by atoms with Crippen LogP contribution in [0.25, 0.3) is 0 Å². The molecule has 0 saturated heterocycles. The number of oxime groups is 1. The van der Waals surface area contributed by atoms with Gasteiger partial charge in [-0.1, -0.05) is 23.7 Å². The molecular weight excluding hydrogens is 470 g/mol. The third kappa shape index (κ3) is 4.11. The lowest BCUT2D eigenvalue weighted by Crippen LogP contribution is -2.44. The van der Waals surface area contributed by atoms with Crippen LogP contribution >= 0.6 is 22.9 Å². The van der Waals surface area contributed by atoms with E-state index in [0.717, 1.165) is 55.5 Å². The van der Waals surface area contributed by atoms with Gasteiger partial charge in [0, 0.05) is 22.9 Å². The van der Waals surface area contributed by atoms with E-state index in [1.165, 1.54) is 22.5 Å². The number of fused-ring (bicyclic) bond motifs is 5. The molecule has 34 heavy (non-hydrogen) atoms. The van der Waals surface area contributed by atoms with E-state index >= 15 is 0 Å². The standard InChI is InChI=1S/C26H32ClN3O3S/c1-14-13-28-25(34-14)29-23(32)5-3-4-16-11-22(30-33)26(2)9-8-17-18(24(16)26)7-6-15-10-21(31)20(27)12-19(15)17/h10,12-13,16-18,24,31,33H,3-9,11H2,1-2H3,(H,28,29,32)/b30-22+/t16-,17?,18?,24?,26-/m1/s1. The van der Waals surface area contributed by atoms with Gasteiger partial charge in [-0.2, -0.15) is 0 Å². The van der Waals surface area contributed by atoms with Gasteiger partial charge in [-0.25, -0.2) is 4.98 Å². The second-order valence-corrected chi connectivity index (χ2v) is 12.2. The minimum atomic E-state index is -0.0977. The minimum absolute atomic E-state index is 0.00808. The first kappa shape index (κ1) is 23.6. The number of halogens is 1. The molecule has 0 spiro atoms. The van der Waals surface area contributed by atoms with Crippen molar-refractivity contribution in [3.63, 3.8) is 0 Å². The summed E-state index contributed by atoms with van der Waals surface area (Å²) in [6, 6.07) is 3.82. The lowest BCUT2D eigenvalue weighted by atomic mass is 9.54. The summed E-state index contributed by atoms with van der Waals surface area (Å²) < 4.78 is 0. The third-order valence-corrected chi connectivity index (χ3v) is 9.76. The van der Waals surface area contributed by atoms with E-state index < -0.39 is 0 Å². The maximum Gasteiger partial charge on any atom is 0.226 e. The van der Waals surface area contributed by atoms with Crippen molar-refractivity contribution in [2.45, 2.75) is 71.1 Å². The Morgan fingerprint density at radius 1 is 1.38 bits per heavy atom. The minimum Gasteiger partial charge on any atom is -0.506 e. The van der Waals surface area contributed by atoms with Gasteiger partial charge < -0.3 is 15.6 Å². The van der Waals surface area contributed by atoms with Crippen molar-refractivity contribution in [1.82, 2.24) is 4.98 Å². The first-order valence-electron chi connectivity index (χ1n) is 12.2. The number of phenolic OH excluding ortho intramolecular Hbond substituents is 1. The number of aryl methyl sites for hydroxylation is 2. The van der Waals surface area contributed by atoms with E-state index in [-0.39, 0.29) is 17.1 Å². The zero-order valence-corrected chi connectivity index (χ0v) is 21.3. The molecule has 2 fully saturated rings. The van der Waals surface area contributed by atoms with Crippen LogP contribution in [0.15, 0.2) is 23.5 Å². The predicted octanol–water partition coefficient (Wildman–Crippen LogP) is 6.53. The number of nitrogens with zero attached hydrogens (tertiary/aromatic N) is 2. The highest BCUT2D eigenvalue weighted by molar-refractivity contribution is 7.15. The Morgan fingerprint density at radius 3 is 2.94 bits per heavy atom. The molecule has 5 atom stereocenters. The van der Waals surface area contributed by atoms with Crippen molar-refractivity contribution in [2.75, 3.05) is 5.32 Å². The number of hydrogen-bond donors (Lipinski definition) is 3. The first-order valence-corrected chi connectivity index (χ1v) is 13.4. The number of amides is 1. The van der Waals surface area contributed by atoms with Crippen LogP contribution in [0.1, 0.15) is 73.8 Å². The molecule has 3 aliphatic carbocycles. The molecule has 1 amide bonds. The average molecular weight is 502 g/mol. The smallest absolute Gasteiger partial charge is 0.226 e. The van der Waals surface area contributed by atoms with Gasteiger partial charge in [0.2, 0.25) is 5.91 Å². The molecule has 1 heterocycles. The Hall–Kier alpha value is -2.12. The van der Waals surface area contributed by atoms with E-state index in [4.69, 9.17) is 11.6 Å². The van der Waals surface area contributed by atoms with E-state index in [2.05, 4.69) is 22.4 Å². The fourth-order valence-electron chi connectivity index (χ4n) is 7.20. The predicted molar refractivity (Wildman–Crippen MR) is 135 cm³/mol. The van der Waals surface area contributed by atoms with Gasteiger partial charge in [-0.3, -0.25) is 4.79 Å². The Balaban J connectivity index is 1.32. The van der Waals surface area contributed by atoms with Gasteiger partial charge in [0.1, 0.15) is 5.75 Å². The van der Waals surface area contributed by atoms with Crippen LogP contribution in [0.2, 0.25) is 5.02 Å². The molecule has 2 saturated carbocycles. The normalized spacial score (nSPS) is 31.1. The summed E-state index contributed by atoms with van der Waals surface area (Å²) in [7, 11) is 0. The molecule has 2 aromatic rings. The molecular formula is C26H32ClN3O3S. The molecule has 0 bridgehead atoms. The van der Waals surface area contributed by atoms with Crippen molar-refractivity contribution < 1.29 is 15.1 Å². The van der Waals surface area contributed by atoms with Gasteiger partial charge in [0.25, 0.3) is 0 Å². The number of anilines is 1. The van der Waals surface area contributed by atoms with Gasteiger partial charge in [-0.15, -0.1) is 11.3 Å². The number of aromatic nitrogens is 1. The van der Waals surface area contributed by atoms with Crippen LogP contribution in [0.5, 0.6) is 5.75 Å². The van der Waals surface area contributed by atoms with E-state index in [0.29, 0.717) is 40.2 Å². The van der Waals surface area contributed by atoms with Crippen molar-refractivity contribution in [3.05, 3.63) is 39.4 Å². The second-order valence-electron chi connectivity index (χ2n) is 10.5. The maximum absolute atomic E-state index is 12.4. The summed E-state index contributed by atoms with van der Waals surface area (Å²) in [6.45, 7) is 4.25. The Kier molecular flexibility index (Phi) is 6.36. The number of nitrogens with one attached hydrogen (secondary N) is 1. The zero-order valence-electron chi connectivity index (χ0n) is 19.7. The highest BCUT2D eigenvalue weighted by atomic mass is 35.5. The van der Waals surface area contributed by atoms with Gasteiger partial charge in [0.05, 0.1) is 10.7 Å². The van der Waals surface area contributed by atoms with Crippen LogP contribution < -0.4 is 5.32 Å². The second kappa shape index (κ2) is 9.15. The molecule has 0 aliphatic heterocycles. The Bertz CT molecular complexity index is 1130. The van der Waals surface area contributed by atoms with E-state index in [9.17, 15) is 15.1 Å². The highest BCUT2D eigenvalue weighted by Crippen LogP contribution is 2.62. The SMILES string of the molecule is Cc1cnc(NC(=O)CCC[C@@H]2C/C(=N\O)[C@@]3(C)CCC4c5cc(Cl)c(O)cc5CCC4C23)s1. The van der Waals surface area contributed by atoms with E-state index in [1.54, 1.807) is 6.20 Å². The van der Waals surface area contributed by atoms with Gasteiger partial charge in [0.15, 0.2) is 5.13 Å². The number of carbonyl (C=O) groups is 1. The number of rotatable bonds is 5. The molecule has 182 valence electrons. The largest absolute Gasteiger partial charge is 0.506 e. The molecule has 1 aromatic carbocycles. The number of thiazole rings is 1. The van der Waals surface area contributed by atoms with Crippen LogP contribution in [0.4, 0.5) is 5.13 Å². The lowest BCUT2D eigenvalue weighted by molar-refractivity contribution is -0.116. The maximum atomic E-state index is 12.4. The molecule has 1 aromatic heterocycles. The number of benzene rings is 1. The fraction of sp³-hybridized carbons (Fsp3) is 0.577. The number of carbonyl (C=O) groups excluding carboxylic acids is 1. The molecule has 0 radical (unpaired) electrons. The Morgan fingerprint density at radius 2 is 2.21 bits per heavy atom. The molecule has 8 heteroatoms. The van der Waals surface area contributed by atoms with Crippen molar-refractivity contribution >= 4 is 39.7 Å². The lowest BCUT2D eigenvalue weighted by Gasteiger charge is -2.50. The average Bonchev–Trinajstić information content (AvgIpc) is 3.34. The monoisotopic (exact) mass is 501 g/mol. The third-order valence-electron chi connectivity index (χ3n) is 8.63. The van der Waals surface area contributed by atoms with Gasteiger partial charge >= 0.3 is 0 Å². The summed E-state index contributed by atoms with van der Waals surface area (Å²) in [5.41, 5.74) is 3.33. The highest BCUT2D eigenvalue weighted by Gasteiger charge is 2.57. The zero-order chi connectivity index (χ0) is 24.0. The first-order chi connectivity index (χ1) is 16.3. The molecule has 5 rings (SSSR count). The summed E-state index contributed by atoms with van der Waals surface area (Å²) in [6.07, 6.45) is 8.80. The fourth-order valence-corrected chi connectivity index (χ4v) is 8.05. The van der Waals surface area contributed by atoms with Crippen LogP contribution in [0.3, 0.4) is 0 Å². The van der Waals surface area contributed by atoms with Crippen molar-refractivity contribution in [2.24, 2.45) is 28.3 Å². The molecule has 3 aliphatic rings. The number of hydrogen-bond acceptors (Lipinski definition) is 6. The molecule has 6 nitrogen and oxygen atoms in total.